The average Bonchev–Trinajstić information content (AvgIpc) is 4.40. The molecular formula is C61H113N14O13+3. The molecule has 0 aliphatic carbocycles. The van der Waals surface area contributed by atoms with Crippen LogP contribution < -0.4 is 70.0 Å². The number of quaternary nitrogens is 3. The van der Waals surface area contributed by atoms with Crippen LogP contribution in [0.2, 0.25) is 0 Å². The normalized spacial score (nSPS) is 18.4. The van der Waals surface area contributed by atoms with Gasteiger partial charge < -0.3 is 84.8 Å². The molecule has 2 aliphatic heterocycles. The SMILES string of the molecule is CC(C)C[C@H](NC(=O)[C@H](CC(C)C)NC(=O)[C@H](CC(C)C)NC(=O)[C@H](CCCC[NH3+])NC(=O)[C@H](CCCC[NH3+])NC(=O)[C@H](CC(C)C)NC(=O)[C@H](CC(C)C)NC(=O)[C@H](CO)NC(=O)[C@@H]1CCC[NH2+]1)C(=O)N[C@@H](C)C(=O)N1CCC[C@H]1C(=O)N[C@@H](C)C=O. The molecule has 27 heteroatoms. The number of unbranched alkanes of at least 4 members (excludes halogenated alkanes) is 2. The van der Waals surface area contributed by atoms with Gasteiger partial charge in [-0.15, -0.1) is 0 Å². The molecule has 502 valence electrons. The van der Waals surface area contributed by atoms with E-state index < -0.39 is 144 Å². The number of hydrogen-bond acceptors (Lipinski definition) is 13. The number of hydrogen-bond donors (Lipinski definition) is 14. The number of nitrogens with one attached hydrogen (secondary N) is 10. The first-order valence-corrected chi connectivity index (χ1v) is 32.3. The first-order valence-electron chi connectivity index (χ1n) is 32.3. The standard InChI is InChI=1S/C61H110N14O13/c1-34(2)27-44(54(81)66-40(12)61(88)75-26-18-22-50(75)60(87)65-39(11)32-76)70-57(84)47(30-37(7)8)72-56(83)46(29-36(5)6)69-53(80)43(20-14-16-24-63)67-52(79)42(19-13-15-23-62)68-55(82)45(28-35(3)4)71-58(85)48(31-38(9)10)73-59(86)49(33-77)74-51(78)41-21-17-25-64-41/h32,34-50,64,77H,13-31,33,62-63H2,1-12H3,(H,65,87)(H,66,81)(H,67,79)(H,68,82)(H,69,80)(H,70,84)(H,71,85)(H,72,83)(H,73,86)(H,74,78)/p+3/t39-,40-,41-,42-,43-,44-,45-,46-,47-,48-,49-,50-/m0/s1. The third-order valence-corrected chi connectivity index (χ3v) is 15.4. The number of nitrogens with two attached hydrogens (primary N) is 1. The van der Waals surface area contributed by atoms with Gasteiger partial charge in [-0.1, -0.05) is 69.2 Å². The van der Waals surface area contributed by atoms with Crippen molar-refractivity contribution in [2.45, 2.75) is 252 Å². The van der Waals surface area contributed by atoms with Crippen molar-refractivity contribution in [3.8, 4) is 0 Å². The van der Waals surface area contributed by atoms with E-state index in [-0.39, 0.29) is 81.1 Å². The zero-order valence-electron chi connectivity index (χ0n) is 54.8. The molecule has 2 aliphatic rings. The Kier molecular flexibility index (Phi) is 35.7. The lowest BCUT2D eigenvalue weighted by Crippen LogP contribution is -2.89. The van der Waals surface area contributed by atoms with Crippen LogP contribution in [0.25, 0.3) is 0 Å². The summed E-state index contributed by atoms with van der Waals surface area (Å²) in [5, 5.41) is 39.5. The first-order chi connectivity index (χ1) is 41.5. The van der Waals surface area contributed by atoms with Crippen LogP contribution in [0.15, 0.2) is 0 Å². The Morgan fingerprint density at radius 3 is 1.14 bits per heavy atom. The molecule has 12 atom stereocenters. The minimum atomic E-state index is -1.33. The molecule has 2 saturated heterocycles. The van der Waals surface area contributed by atoms with E-state index in [0.717, 1.165) is 13.0 Å². The van der Waals surface area contributed by atoms with Gasteiger partial charge in [0.2, 0.25) is 59.1 Å². The molecule has 0 radical (unpaired) electrons. The average molecular weight is 1250 g/mol. The molecule has 0 spiro atoms. The minimum absolute atomic E-state index is 0.111. The summed E-state index contributed by atoms with van der Waals surface area (Å²) >= 11 is 0. The van der Waals surface area contributed by atoms with Gasteiger partial charge in [-0.25, -0.2) is 0 Å². The molecule has 2 rings (SSSR count). The number of carbonyl (C=O) groups excluding carboxylic acids is 12. The Bertz CT molecular complexity index is 2280. The first kappa shape index (κ1) is 77.8. The Hall–Kier alpha value is -6.32. The Balaban J connectivity index is 2.39. The Morgan fingerprint density at radius 1 is 0.455 bits per heavy atom. The zero-order valence-corrected chi connectivity index (χ0v) is 54.8. The maximum absolute atomic E-state index is 14.5. The molecular weight excluding hydrogens is 1140 g/mol. The minimum Gasteiger partial charge on any atom is -0.394 e. The number of carbonyl (C=O) groups is 12. The van der Waals surface area contributed by atoms with Gasteiger partial charge in [-0.3, -0.25) is 52.7 Å². The zero-order chi connectivity index (χ0) is 66.4. The monoisotopic (exact) mass is 1250 g/mol. The fraction of sp³-hybridized carbons (Fsp3) is 0.803. The van der Waals surface area contributed by atoms with Crippen molar-refractivity contribution < 1.29 is 79.4 Å². The lowest BCUT2D eigenvalue weighted by atomic mass is 9.98. The van der Waals surface area contributed by atoms with Gasteiger partial charge in [0.25, 0.3) is 5.91 Å². The second kappa shape index (κ2) is 40.3. The van der Waals surface area contributed by atoms with E-state index in [1.807, 2.05) is 74.6 Å². The van der Waals surface area contributed by atoms with Crippen LogP contribution in [0.5, 0.6) is 0 Å². The van der Waals surface area contributed by atoms with E-state index in [4.69, 9.17) is 0 Å². The summed E-state index contributed by atoms with van der Waals surface area (Å²) < 4.78 is 0. The Labute approximate surface area is 521 Å². The summed E-state index contributed by atoms with van der Waals surface area (Å²) in [6.07, 6.45) is 6.06. The summed E-state index contributed by atoms with van der Waals surface area (Å²) in [5.41, 5.74) is 7.84. The van der Waals surface area contributed by atoms with Crippen molar-refractivity contribution in [3.63, 3.8) is 0 Å². The summed E-state index contributed by atoms with van der Waals surface area (Å²) in [7, 11) is 0. The number of rotatable bonds is 41. The smallest absolute Gasteiger partial charge is 0.278 e. The van der Waals surface area contributed by atoms with Gasteiger partial charge in [-0.05, 0) is 127 Å². The molecule has 0 aromatic heterocycles. The van der Waals surface area contributed by atoms with Crippen LogP contribution in [0.4, 0.5) is 0 Å². The highest BCUT2D eigenvalue weighted by Crippen LogP contribution is 2.20. The number of aliphatic hydroxyl groups is 1. The van der Waals surface area contributed by atoms with Crippen LogP contribution in [-0.4, -0.2) is 187 Å². The lowest BCUT2D eigenvalue weighted by molar-refractivity contribution is -0.657. The molecule has 0 saturated carbocycles. The van der Waals surface area contributed by atoms with Crippen molar-refractivity contribution in [2.75, 3.05) is 32.8 Å². The molecule has 0 bridgehead atoms. The molecule has 0 aromatic rings. The molecule has 2 heterocycles. The fourth-order valence-corrected chi connectivity index (χ4v) is 10.8. The number of aliphatic hydroxyl groups excluding tert-OH is 1. The Morgan fingerprint density at radius 2 is 0.807 bits per heavy atom. The van der Waals surface area contributed by atoms with Crippen LogP contribution >= 0.6 is 0 Å². The van der Waals surface area contributed by atoms with E-state index in [1.165, 1.54) is 18.7 Å². The predicted octanol–water partition coefficient (Wildman–Crippen LogP) is -3.16. The third kappa shape index (κ3) is 28.0. The lowest BCUT2D eigenvalue weighted by Gasteiger charge is -2.30. The number of amides is 11. The largest absolute Gasteiger partial charge is 0.394 e. The highest BCUT2D eigenvalue weighted by Gasteiger charge is 2.40. The molecule has 19 N–H and O–H groups in total. The van der Waals surface area contributed by atoms with E-state index >= 15 is 0 Å². The molecule has 11 amide bonds. The molecule has 0 aromatic carbocycles. The van der Waals surface area contributed by atoms with E-state index in [2.05, 4.69) is 64.6 Å². The molecule has 0 unspecified atom stereocenters. The molecule has 88 heavy (non-hydrogen) atoms. The highest BCUT2D eigenvalue weighted by atomic mass is 16.3. The topological polar surface area (TPSA) is 420 Å². The predicted molar refractivity (Wildman–Crippen MR) is 329 cm³/mol. The van der Waals surface area contributed by atoms with Crippen molar-refractivity contribution in [1.29, 1.82) is 0 Å². The number of nitrogens with zero attached hydrogens (tertiary/aromatic N) is 1. The highest BCUT2D eigenvalue weighted by molar-refractivity contribution is 5.99. The van der Waals surface area contributed by atoms with Gasteiger partial charge in [0.05, 0.1) is 32.3 Å². The maximum Gasteiger partial charge on any atom is 0.278 e. The second-order valence-corrected chi connectivity index (χ2v) is 26.1. The van der Waals surface area contributed by atoms with Crippen LogP contribution in [0.3, 0.4) is 0 Å². The van der Waals surface area contributed by atoms with Gasteiger partial charge in [0.15, 0.2) is 6.04 Å². The van der Waals surface area contributed by atoms with Gasteiger partial charge in [-0.2, -0.15) is 0 Å². The van der Waals surface area contributed by atoms with Crippen LogP contribution in [0.1, 0.15) is 179 Å². The number of likely N-dealkylation sites (tertiary alicyclic amines) is 1. The van der Waals surface area contributed by atoms with Crippen molar-refractivity contribution in [1.82, 2.24) is 58.1 Å². The quantitative estimate of drug-likeness (QED) is 0.0213. The van der Waals surface area contributed by atoms with Crippen LogP contribution in [0, 0.1) is 29.6 Å². The molecule has 2 fully saturated rings. The summed E-state index contributed by atoms with van der Waals surface area (Å²) in [6.45, 7) is 22.9. The maximum atomic E-state index is 14.5. The van der Waals surface area contributed by atoms with Gasteiger partial charge in [0.1, 0.15) is 66.7 Å². The number of aldehydes is 1. The van der Waals surface area contributed by atoms with E-state index in [9.17, 15) is 62.6 Å². The van der Waals surface area contributed by atoms with Crippen molar-refractivity contribution in [3.05, 3.63) is 0 Å². The van der Waals surface area contributed by atoms with Gasteiger partial charge >= 0.3 is 0 Å². The third-order valence-electron chi connectivity index (χ3n) is 15.4. The van der Waals surface area contributed by atoms with E-state index in [1.54, 1.807) is 0 Å². The summed E-state index contributed by atoms with van der Waals surface area (Å²) in [6, 6.07) is -12.7. The van der Waals surface area contributed by atoms with Crippen molar-refractivity contribution in [2.24, 2.45) is 29.6 Å². The fourth-order valence-electron chi connectivity index (χ4n) is 10.8. The van der Waals surface area contributed by atoms with Crippen LogP contribution in [-0.2, 0) is 57.5 Å². The second-order valence-electron chi connectivity index (χ2n) is 26.1. The van der Waals surface area contributed by atoms with E-state index in [0.29, 0.717) is 64.3 Å². The van der Waals surface area contributed by atoms with Crippen molar-refractivity contribution >= 4 is 71.3 Å². The molecule has 27 nitrogen and oxygen atoms in total. The van der Waals surface area contributed by atoms with Gasteiger partial charge in [0, 0.05) is 19.4 Å². The summed E-state index contributed by atoms with van der Waals surface area (Å²) in [5.74, 6) is -7.59. The summed E-state index contributed by atoms with van der Waals surface area (Å²) in [4.78, 5) is 166.